The minimum atomic E-state index is 0.615. The first-order valence-corrected chi connectivity index (χ1v) is 10.5. The van der Waals surface area contributed by atoms with E-state index in [1.165, 1.54) is 0 Å². The Hall–Kier alpha value is -3.12. The van der Waals surface area contributed by atoms with Gasteiger partial charge >= 0.3 is 0 Å². The van der Waals surface area contributed by atoms with Crippen molar-refractivity contribution >= 4 is 40.6 Å². The maximum atomic E-state index is 6.29. The maximum absolute atomic E-state index is 6.29. The topological polar surface area (TPSA) is 68.8 Å². The molecule has 0 aliphatic rings. The molecule has 1 N–H and O–H groups in total. The molecule has 0 bridgehead atoms. The standard InChI is InChI=1S/C23H24ClN5O/c1-3-7-19-21-22(29(2)28-19)23(25-14-13-16-8-4-5-10-18(16)24)27-20(26-21)12-11-17-9-6-15-30-17/h4-6,8-12,15H,3,7,13-14H2,1-2H3,(H,25,26,27)/b12-11+. The molecule has 0 saturated carbocycles. The predicted molar refractivity (Wildman–Crippen MR) is 122 cm³/mol. The number of hydrogen-bond acceptors (Lipinski definition) is 5. The van der Waals surface area contributed by atoms with Crippen molar-refractivity contribution in [3.63, 3.8) is 0 Å². The fourth-order valence-electron chi connectivity index (χ4n) is 3.42. The van der Waals surface area contributed by atoms with E-state index in [4.69, 9.17) is 26.0 Å². The normalized spacial score (nSPS) is 11.6. The van der Waals surface area contributed by atoms with Gasteiger partial charge in [0, 0.05) is 18.6 Å². The molecule has 0 amide bonds. The summed E-state index contributed by atoms with van der Waals surface area (Å²) in [5.41, 5.74) is 3.88. The fraction of sp³-hybridized carbons (Fsp3) is 0.261. The first-order valence-electron chi connectivity index (χ1n) is 10.1. The number of nitrogens with one attached hydrogen (secondary N) is 1. The summed E-state index contributed by atoms with van der Waals surface area (Å²) in [7, 11) is 1.93. The fourth-order valence-corrected chi connectivity index (χ4v) is 3.65. The molecule has 3 heterocycles. The molecule has 0 fully saturated rings. The van der Waals surface area contributed by atoms with Crippen LogP contribution in [0, 0.1) is 0 Å². The average molecular weight is 422 g/mol. The Balaban J connectivity index is 1.66. The summed E-state index contributed by atoms with van der Waals surface area (Å²) in [6.45, 7) is 2.84. The largest absolute Gasteiger partial charge is 0.465 e. The Morgan fingerprint density at radius 3 is 2.73 bits per heavy atom. The Morgan fingerprint density at radius 1 is 1.10 bits per heavy atom. The molecule has 0 atom stereocenters. The van der Waals surface area contributed by atoms with Gasteiger partial charge in [-0.2, -0.15) is 5.10 Å². The molecule has 7 heteroatoms. The van der Waals surface area contributed by atoms with Crippen molar-refractivity contribution in [2.24, 2.45) is 7.05 Å². The van der Waals surface area contributed by atoms with E-state index in [0.717, 1.165) is 58.2 Å². The first kappa shape index (κ1) is 20.2. The number of fused-ring (bicyclic) bond motifs is 1. The van der Waals surface area contributed by atoms with E-state index < -0.39 is 0 Å². The second-order valence-electron chi connectivity index (χ2n) is 7.06. The highest BCUT2D eigenvalue weighted by Crippen LogP contribution is 2.25. The highest BCUT2D eigenvalue weighted by atomic mass is 35.5. The molecule has 1 aromatic carbocycles. The average Bonchev–Trinajstić information content (AvgIpc) is 3.36. The van der Waals surface area contributed by atoms with Crippen LogP contribution < -0.4 is 5.32 Å². The summed E-state index contributed by atoms with van der Waals surface area (Å²) in [4.78, 5) is 9.51. The molecule has 4 aromatic rings. The van der Waals surface area contributed by atoms with Crippen LogP contribution in [0.1, 0.15) is 36.2 Å². The third-order valence-electron chi connectivity index (χ3n) is 4.84. The van der Waals surface area contributed by atoms with Crippen LogP contribution >= 0.6 is 11.6 Å². The van der Waals surface area contributed by atoms with Crippen LogP contribution in [0.4, 0.5) is 5.82 Å². The summed E-state index contributed by atoms with van der Waals surface area (Å²) in [6, 6.07) is 11.6. The van der Waals surface area contributed by atoms with Crippen molar-refractivity contribution in [1.82, 2.24) is 19.7 Å². The zero-order valence-electron chi connectivity index (χ0n) is 17.1. The van der Waals surface area contributed by atoms with E-state index in [1.54, 1.807) is 6.26 Å². The Labute approximate surface area is 180 Å². The van der Waals surface area contributed by atoms with Gasteiger partial charge in [-0.25, -0.2) is 9.97 Å². The Bertz CT molecular complexity index is 1160. The Kier molecular flexibility index (Phi) is 6.14. The molecule has 0 radical (unpaired) electrons. The monoisotopic (exact) mass is 421 g/mol. The van der Waals surface area contributed by atoms with Gasteiger partial charge in [-0.05, 0) is 48.8 Å². The number of anilines is 1. The highest BCUT2D eigenvalue weighted by Gasteiger charge is 2.16. The lowest BCUT2D eigenvalue weighted by atomic mass is 10.1. The van der Waals surface area contributed by atoms with Crippen LogP contribution in [0.25, 0.3) is 23.2 Å². The second kappa shape index (κ2) is 9.13. The van der Waals surface area contributed by atoms with E-state index in [-0.39, 0.29) is 0 Å². The summed E-state index contributed by atoms with van der Waals surface area (Å²) < 4.78 is 7.24. The van der Waals surface area contributed by atoms with Gasteiger partial charge in [0.05, 0.1) is 12.0 Å². The van der Waals surface area contributed by atoms with E-state index in [2.05, 4.69) is 17.3 Å². The van der Waals surface area contributed by atoms with Gasteiger partial charge in [0.2, 0.25) is 0 Å². The second-order valence-corrected chi connectivity index (χ2v) is 7.47. The van der Waals surface area contributed by atoms with Crippen molar-refractivity contribution in [2.75, 3.05) is 11.9 Å². The van der Waals surface area contributed by atoms with Crippen LogP contribution in [0.5, 0.6) is 0 Å². The maximum Gasteiger partial charge on any atom is 0.156 e. The lowest BCUT2D eigenvalue weighted by Gasteiger charge is -2.10. The van der Waals surface area contributed by atoms with Gasteiger partial charge in [0.25, 0.3) is 0 Å². The predicted octanol–water partition coefficient (Wildman–Crippen LogP) is 5.39. The van der Waals surface area contributed by atoms with Gasteiger partial charge in [0.15, 0.2) is 11.6 Å². The molecular weight excluding hydrogens is 398 g/mol. The highest BCUT2D eigenvalue weighted by molar-refractivity contribution is 6.31. The lowest BCUT2D eigenvalue weighted by Crippen LogP contribution is -2.09. The smallest absolute Gasteiger partial charge is 0.156 e. The number of furan rings is 1. The van der Waals surface area contributed by atoms with E-state index in [0.29, 0.717) is 12.4 Å². The zero-order valence-corrected chi connectivity index (χ0v) is 17.9. The molecule has 0 aliphatic heterocycles. The van der Waals surface area contributed by atoms with Crippen molar-refractivity contribution in [2.45, 2.75) is 26.2 Å². The summed E-state index contributed by atoms with van der Waals surface area (Å²) in [6.07, 6.45) is 8.04. The SMILES string of the molecule is CCCc1nn(C)c2c(NCCc3ccccc3Cl)nc(/C=C/c3ccco3)nc12. The van der Waals surface area contributed by atoms with Crippen LogP contribution in [0.3, 0.4) is 0 Å². The summed E-state index contributed by atoms with van der Waals surface area (Å²) in [5, 5.41) is 8.93. The minimum absolute atomic E-state index is 0.615. The minimum Gasteiger partial charge on any atom is -0.465 e. The Morgan fingerprint density at radius 2 is 1.97 bits per heavy atom. The number of aromatic nitrogens is 4. The summed E-state index contributed by atoms with van der Waals surface area (Å²) >= 11 is 6.29. The molecule has 3 aromatic heterocycles. The lowest BCUT2D eigenvalue weighted by molar-refractivity contribution is 0.557. The van der Waals surface area contributed by atoms with Crippen LogP contribution in [-0.4, -0.2) is 26.3 Å². The number of aryl methyl sites for hydroxylation is 2. The molecular formula is C23H24ClN5O. The third kappa shape index (κ3) is 4.39. The van der Waals surface area contributed by atoms with Gasteiger partial charge in [-0.15, -0.1) is 0 Å². The van der Waals surface area contributed by atoms with Gasteiger partial charge in [-0.3, -0.25) is 4.68 Å². The van der Waals surface area contributed by atoms with Crippen LogP contribution in [0.15, 0.2) is 47.1 Å². The third-order valence-corrected chi connectivity index (χ3v) is 5.21. The van der Waals surface area contributed by atoms with E-state index in [1.807, 2.05) is 60.3 Å². The first-order chi connectivity index (χ1) is 14.7. The van der Waals surface area contributed by atoms with Gasteiger partial charge in [-0.1, -0.05) is 43.1 Å². The molecule has 0 spiro atoms. The molecule has 6 nitrogen and oxygen atoms in total. The van der Waals surface area contributed by atoms with Gasteiger partial charge in [0.1, 0.15) is 16.8 Å². The number of halogens is 1. The summed E-state index contributed by atoms with van der Waals surface area (Å²) in [5.74, 6) is 2.14. The number of hydrogen-bond donors (Lipinski definition) is 1. The van der Waals surface area contributed by atoms with Crippen molar-refractivity contribution < 1.29 is 4.42 Å². The molecule has 0 saturated heterocycles. The number of rotatable bonds is 8. The molecule has 30 heavy (non-hydrogen) atoms. The van der Waals surface area contributed by atoms with Crippen molar-refractivity contribution in [3.8, 4) is 0 Å². The van der Waals surface area contributed by atoms with Crippen molar-refractivity contribution in [3.05, 3.63) is 70.5 Å². The number of nitrogens with zero attached hydrogens (tertiary/aromatic N) is 4. The molecule has 0 unspecified atom stereocenters. The zero-order chi connectivity index (χ0) is 20.9. The molecule has 4 rings (SSSR count). The van der Waals surface area contributed by atoms with Crippen molar-refractivity contribution in [1.29, 1.82) is 0 Å². The number of benzene rings is 1. The quantitative estimate of drug-likeness (QED) is 0.413. The van der Waals surface area contributed by atoms with Crippen LogP contribution in [-0.2, 0) is 19.9 Å². The van der Waals surface area contributed by atoms with Crippen LogP contribution in [0.2, 0.25) is 5.02 Å². The molecule has 154 valence electrons. The van der Waals surface area contributed by atoms with E-state index >= 15 is 0 Å². The van der Waals surface area contributed by atoms with Gasteiger partial charge < -0.3 is 9.73 Å². The molecule has 0 aliphatic carbocycles. The van der Waals surface area contributed by atoms with E-state index in [9.17, 15) is 0 Å².